The molecule has 0 aromatic heterocycles. The number of carbonyl (C=O) groups is 1. The van der Waals surface area contributed by atoms with Crippen molar-refractivity contribution in [2.45, 2.75) is 19.3 Å². The second-order valence-electron chi connectivity index (χ2n) is 4.29. The van der Waals surface area contributed by atoms with Crippen LogP contribution in [0.4, 0.5) is 0 Å². The summed E-state index contributed by atoms with van der Waals surface area (Å²) in [4.78, 5) is 12.3. The van der Waals surface area contributed by atoms with E-state index in [0.29, 0.717) is 22.8 Å². The maximum Gasteiger partial charge on any atom is 0.190 e. The monoisotopic (exact) mass is 247 g/mol. The second kappa shape index (κ2) is 5.12. The smallest absolute Gasteiger partial charge is 0.190 e. The number of nitrogens with two attached hydrogens (primary N) is 1. The molecule has 0 bridgehead atoms. The standard InChI is InChI=1S/C14H17NO3/c1-17-10-6-9(7-11(8-10)18-2)14(16)12-4-3-5-13(12)15/h6-8H,3-5,15H2,1-2H3. The van der Waals surface area contributed by atoms with Gasteiger partial charge in [0.15, 0.2) is 5.78 Å². The Morgan fingerprint density at radius 3 is 2.17 bits per heavy atom. The van der Waals surface area contributed by atoms with Crippen LogP contribution in [0.2, 0.25) is 0 Å². The van der Waals surface area contributed by atoms with Gasteiger partial charge in [-0.15, -0.1) is 0 Å². The second-order valence-corrected chi connectivity index (χ2v) is 4.29. The van der Waals surface area contributed by atoms with Crippen LogP contribution in [0.3, 0.4) is 0 Å². The quantitative estimate of drug-likeness (QED) is 0.829. The lowest BCUT2D eigenvalue weighted by molar-refractivity contribution is 0.103. The Labute approximate surface area is 106 Å². The van der Waals surface area contributed by atoms with Crippen LogP contribution in [0, 0.1) is 0 Å². The minimum atomic E-state index is -0.0257. The van der Waals surface area contributed by atoms with Gasteiger partial charge in [-0.2, -0.15) is 0 Å². The third kappa shape index (κ3) is 2.32. The van der Waals surface area contributed by atoms with Crippen molar-refractivity contribution in [3.63, 3.8) is 0 Å². The highest BCUT2D eigenvalue weighted by Crippen LogP contribution is 2.29. The maximum absolute atomic E-state index is 12.3. The number of carbonyl (C=O) groups excluding carboxylic acids is 1. The molecule has 0 heterocycles. The lowest BCUT2D eigenvalue weighted by Crippen LogP contribution is -2.07. The van der Waals surface area contributed by atoms with E-state index in [9.17, 15) is 4.79 Å². The van der Waals surface area contributed by atoms with Gasteiger partial charge in [-0.05, 0) is 31.4 Å². The summed E-state index contributed by atoms with van der Waals surface area (Å²) in [6.45, 7) is 0. The van der Waals surface area contributed by atoms with Crippen molar-refractivity contribution in [3.05, 3.63) is 35.0 Å². The number of hydrogen-bond acceptors (Lipinski definition) is 4. The third-order valence-electron chi connectivity index (χ3n) is 3.15. The molecule has 0 fully saturated rings. The lowest BCUT2D eigenvalue weighted by Gasteiger charge is -2.08. The number of rotatable bonds is 4. The first-order valence-electron chi connectivity index (χ1n) is 5.91. The Morgan fingerprint density at radius 1 is 1.11 bits per heavy atom. The largest absolute Gasteiger partial charge is 0.497 e. The van der Waals surface area contributed by atoms with Crippen LogP contribution in [0.15, 0.2) is 29.5 Å². The van der Waals surface area contributed by atoms with Gasteiger partial charge in [0, 0.05) is 22.9 Å². The van der Waals surface area contributed by atoms with Gasteiger partial charge in [-0.3, -0.25) is 4.79 Å². The normalized spacial score (nSPS) is 14.8. The highest BCUT2D eigenvalue weighted by atomic mass is 16.5. The Morgan fingerprint density at radius 2 is 1.72 bits per heavy atom. The summed E-state index contributed by atoms with van der Waals surface area (Å²) < 4.78 is 10.3. The van der Waals surface area contributed by atoms with Gasteiger partial charge in [0.05, 0.1) is 14.2 Å². The van der Waals surface area contributed by atoms with E-state index in [0.717, 1.165) is 24.8 Å². The van der Waals surface area contributed by atoms with E-state index in [-0.39, 0.29) is 5.78 Å². The van der Waals surface area contributed by atoms with Crippen molar-refractivity contribution in [1.29, 1.82) is 0 Å². The highest BCUT2D eigenvalue weighted by Gasteiger charge is 2.21. The number of methoxy groups -OCH3 is 2. The molecule has 1 aromatic rings. The van der Waals surface area contributed by atoms with E-state index >= 15 is 0 Å². The Kier molecular flexibility index (Phi) is 3.55. The molecule has 0 saturated heterocycles. The molecule has 0 aliphatic heterocycles. The fraction of sp³-hybridized carbons (Fsp3) is 0.357. The number of benzene rings is 1. The van der Waals surface area contributed by atoms with Gasteiger partial charge in [-0.1, -0.05) is 0 Å². The van der Waals surface area contributed by atoms with E-state index in [1.807, 2.05) is 0 Å². The number of allylic oxidation sites excluding steroid dienone is 2. The molecule has 0 amide bonds. The Balaban J connectivity index is 2.38. The van der Waals surface area contributed by atoms with E-state index in [4.69, 9.17) is 15.2 Å². The molecule has 0 spiro atoms. The molecule has 96 valence electrons. The van der Waals surface area contributed by atoms with Gasteiger partial charge in [0.2, 0.25) is 0 Å². The molecular weight excluding hydrogens is 230 g/mol. The average Bonchev–Trinajstić information content (AvgIpc) is 2.83. The van der Waals surface area contributed by atoms with Crippen molar-refractivity contribution in [1.82, 2.24) is 0 Å². The number of ketones is 1. The van der Waals surface area contributed by atoms with Crippen LogP contribution in [-0.4, -0.2) is 20.0 Å². The molecule has 0 unspecified atom stereocenters. The molecule has 0 saturated carbocycles. The summed E-state index contributed by atoms with van der Waals surface area (Å²) >= 11 is 0. The molecular formula is C14H17NO3. The van der Waals surface area contributed by atoms with Gasteiger partial charge in [-0.25, -0.2) is 0 Å². The highest BCUT2D eigenvalue weighted by molar-refractivity contribution is 6.09. The molecule has 1 aliphatic carbocycles. The van der Waals surface area contributed by atoms with E-state index in [2.05, 4.69) is 0 Å². The summed E-state index contributed by atoms with van der Waals surface area (Å²) in [5.41, 5.74) is 7.85. The van der Waals surface area contributed by atoms with Gasteiger partial charge >= 0.3 is 0 Å². The van der Waals surface area contributed by atoms with Crippen LogP contribution in [0.5, 0.6) is 11.5 Å². The first-order chi connectivity index (χ1) is 8.65. The zero-order valence-corrected chi connectivity index (χ0v) is 10.7. The van der Waals surface area contributed by atoms with Crippen molar-refractivity contribution in [2.24, 2.45) is 5.73 Å². The van der Waals surface area contributed by atoms with Gasteiger partial charge in [0.25, 0.3) is 0 Å². The van der Waals surface area contributed by atoms with Crippen LogP contribution in [0.25, 0.3) is 0 Å². The molecule has 1 aromatic carbocycles. The molecule has 1 aliphatic rings. The summed E-state index contributed by atoms with van der Waals surface area (Å²) in [6.07, 6.45) is 2.51. The summed E-state index contributed by atoms with van der Waals surface area (Å²) in [7, 11) is 3.12. The summed E-state index contributed by atoms with van der Waals surface area (Å²) in [5, 5.41) is 0. The Bertz CT molecular complexity index is 484. The van der Waals surface area contributed by atoms with Crippen LogP contribution in [0.1, 0.15) is 29.6 Å². The van der Waals surface area contributed by atoms with E-state index < -0.39 is 0 Å². The lowest BCUT2D eigenvalue weighted by atomic mass is 10.0. The van der Waals surface area contributed by atoms with Crippen molar-refractivity contribution >= 4 is 5.78 Å². The Hall–Kier alpha value is -1.97. The van der Waals surface area contributed by atoms with Gasteiger partial charge < -0.3 is 15.2 Å². The topological polar surface area (TPSA) is 61.5 Å². The van der Waals surface area contributed by atoms with Crippen LogP contribution < -0.4 is 15.2 Å². The zero-order chi connectivity index (χ0) is 13.1. The van der Waals surface area contributed by atoms with E-state index in [1.54, 1.807) is 32.4 Å². The third-order valence-corrected chi connectivity index (χ3v) is 3.15. The zero-order valence-electron chi connectivity index (χ0n) is 10.7. The minimum absolute atomic E-state index is 0.0257. The average molecular weight is 247 g/mol. The van der Waals surface area contributed by atoms with Gasteiger partial charge in [0.1, 0.15) is 11.5 Å². The van der Waals surface area contributed by atoms with Crippen molar-refractivity contribution < 1.29 is 14.3 Å². The molecule has 4 nitrogen and oxygen atoms in total. The van der Waals surface area contributed by atoms with Crippen LogP contribution >= 0.6 is 0 Å². The fourth-order valence-corrected chi connectivity index (χ4v) is 2.14. The maximum atomic E-state index is 12.3. The molecule has 18 heavy (non-hydrogen) atoms. The number of hydrogen-bond donors (Lipinski definition) is 1. The fourth-order valence-electron chi connectivity index (χ4n) is 2.14. The summed E-state index contributed by atoms with van der Waals surface area (Å²) in [5.74, 6) is 1.19. The van der Waals surface area contributed by atoms with Crippen molar-refractivity contribution in [2.75, 3.05) is 14.2 Å². The minimum Gasteiger partial charge on any atom is -0.497 e. The van der Waals surface area contributed by atoms with Crippen LogP contribution in [-0.2, 0) is 0 Å². The molecule has 4 heteroatoms. The molecule has 2 rings (SSSR count). The molecule has 0 radical (unpaired) electrons. The first-order valence-corrected chi connectivity index (χ1v) is 5.91. The number of Topliss-reactive ketones (excluding diaryl/α,β-unsaturated/α-hetero) is 1. The molecule has 0 atom stereocenters. The first kappa shape index (κ1) is 12.5. The SMILES string of the molecule is COc1cc(OC)cc(C(=O)C2=C(N)CCC2)c1. The number of ether oxygens (including phenoxy) is 2. The predicted octanol–water partition coefficient (Wildman–Crippen LogP) is 2.28. The summed E-state index contributed by atoms with van der Waals surface area (Å²) in [6, 6.07) is 5.16. The van der Waals surface area contributed by atoms with E-state index in [1.165, 1.54) is 0 Å². The predicted molar refractivity (Wildman–Crippen MR) is 68.9 cm³/mol. The van der Waals surface area contributed by atoms with Crippen molar-refractivity contribution in [3.8, 4) is 11.5 Å². The molecule has 2 N–H and O–H groups in total.